The molecule has 0 bridgehead atoms. The van der Waals surface area contributed by atoms with Gasteiger partial charge in [-0.05, 0) is 40.5 Å². The molecule has 0 unspecified atom stereocenters. The first-order valence-corrected chi connectivity index (χ1v) is 10.1. The lowest BCUT2D eigenvalue weighted by molar-refractivity contribution is -0.137. The SMILES string of the molecule is N#CCc1cn2ncnc(N)c2c1-c1ccc(CC(=O)Cc2cc(C(F)(F)F)ccc2F)cc1. The summed E-state index contributed by atoms with van der Waals surface area (Å²) in [6.45, 7) is 0. The Balaban J connectivity index is 1.56. The van der Waals surface area contributed by atoms with E-state index < -0.39 is 29.8 Å². The lowest BCUT2D eigenvalue weighted by Crippen LogP contribution is -2.11. The van der Waals surface area contributed by atoms with Crippen molar-refractivity contribution in [2.45, 2.75) is 25.4 Å². The van der Waals surface area contributed by atoms with Gasteiger partial charge in [0.05, 0.1) is 18.1 Å². The van der Waals surface area contributed by atoms with Crippen molar-refractivity contribution in [1.29, 1.82) is 5.26 Å². The Hall–Kier alpha value is -4.26. The molecule has 6 nitrogen and oxygen atoms in total. The van der Waals surface area contributed by atoms with Gasteiger partial charge in [-0.3, -0.25) is 4.79 Å². The van der Waals surface area contributed by atoms with Crippen LogP contribution in [0, 0.1) is 17.1 Å². The van der Waals surface area contributed by atoms with Gasteiger partial charge in [0.2, 0.25) is 0 Å². The molecule has 4 rings (SSSR count). The molecule has 0 amide bonds. The number of fused-ring (bicyclic) bond motifs is 1. The zero-order valence-corrected chi connectivity index (χ0v) is 17.6. The van der Waals surface area contributed by atoms with Crippen molar-refractivity contribution in [3.63, 3.8) is 0 Å². The van der Waals surface area contributed by atoms with E-state index in [1.54, 1.807) is 35.0 Å². The minimum Gasteiger partial charge on any atom is -0.382 e. The van der Waals surface area contributed by atoms with Crippen LogP contribution in [-0.2, 0) is 30.2 Å². The molecule has 2 aromatic carbocycles. The molecule has 0 aliphatic heterocycles. The van der Waals surface area contributed by atoms with Crippen molar-refractivity contribution in [3.05, 3.63) is 83.1 Å². The van der Waals surface area contributed by atoms with Crippen LogP contribution < -0.4 is 5.73 Å². The first-order chi connectivity index (χ1) is 16.2. The van der Waals surface area contributed by atoms with Gasteiger partial charge in [0.1, 0.15) is 23.4 Å². The van der Waals surface area contributed by atoms with Crippen LogP contribution in [0.2, 0.25) is 0 Å². The normalized spacial score (nSPS) is 11.5. The largest absolute Gasteiger partial charge is 0.416 e. The van der Waals surface area contributed by atoms with Crippen molar-refractivity contribution in [3.8, 4) is 17.2 Å². The zero-order valence-electron chi connectivity index (χ0n) is 17.6. The number of halogens is 4. The Bertz CT molecular complexity index is 1420. The van der Waals surface area contributed by atoms with Crippen molar-refractivity contribution >= 4 is 17.1 Å². The summed E-state index contributed by atoms with van der Waals surface area (Å²) in [6.07, 6.45) is -2.02. The minimum atomic E-state index is -4.62. The molecule has 0 fully saturated rings. The molecular weight excluding hydrogens is 450 g/mol. The molecule has 0 aliphatic rings. The number of nitrogens with zero attached hydrogens (tertiary/aromatic N) is 4. The summed E-state index contributed by atoms with van der Waals surface area (Å²) >= 11 is 0. The number of aromatic nitrogens is 3. The number of carbonyl (C=O) groups is 1. The summed E-state index contributed by atoms with van der Waals surface area (Å²) < 4.78 is 54.2. The maximum atomic E-state index is 14.0. The number of carbonyl (C=O) groups excluding carboxylic acids is 1. The summed E-state index contributed by atoms with van der Waals surface area (Å²) in [5, 5.41) is 13.3. The molecule has 4 aromatic rings. The molecule has 0 saturated heterocycles. The lowest BCUT2D eigenvalue weighted by atomic mass is 9.97. The van der Waals surface area contributed by atoms with Gasteiger partial charge in [0.25, 0.3) is 0 Å². The van der Waals surface area contributed by atoms with E-state index in [0.29, 0.717) is 34.3 Å². The summed E-state index contributed by atoms with van der Waals surface area (Å²) in [4.78, 5) is 16.5. The third kappa shape index (κ3) is 4.59. The molecule has 0 atom stereocenters. The molecule has 2 aromatic heterocycles. The highest BCUT2D eigenvalue weighted by atomic mass is 19.4. The number of anilines is 1. The lowest BCUT2D eigenvalue weighted by Gasteiger charge is -2.10. The van der Waals surface area contributed by atoms with E-state index in [9.17, 15) is 27.6 Å². The van der Waals surface area contributed by atoms with Crippen LogP contribution >= 0.6 is 0 Å². The quantitative estimate of drug-likeness (QED) is 0.420. The Morgan fingerprint density at radius 1 is 1.09 bits per heavy atom. The highest BCUT2D eigenvalue weighted by Gasteiger charge is 2.31. The fourth-order valence-electron chi connectivity index (χ4n) is 3.80. The molecular formula is C24H17F4N5O. The third-order valence-corrected chi connectivity index (χ3v) is 5.35. The van der Waals surface area contributed by atoms with E-state index in [1.807, 2.05) is 0 Å². The van der Waals surface area contributed by atoms with Crippen LogP contribution in [0.3, 0.4) is 0 Å². The Morgan fingerprint density at radius 2 is 1.82 bits per heavy atom. The summed E-state index contributed by atoms with van der Waals surface area (Å²) in [5.74, 6) is -1.04. The van der Waals surface area contributed by atoms with Crippen LogP contribution in [0.1, 0.15) is 22.3 Å². The molecule has 2 heterocycles. The van der Waals surface area contributed by atoms with Gasteiger partial charge in [-0.2, -0.15) is 23.5 Å². The smallest absolute Gasteiger partial charge is 0.382 e. The van der Waals surface area contributed by atoms with Gasteiger partial charge < -0.3 is 5.73 Å². The van der Waals surface area contributed by atoms with Crippen LogP contribution in [-0.4, -0.2) is 20.4 Å². The second-order valence-corrected chi connectivity index (χ2v) is 7.70. The average Bonchev–Trinajstić information content (AvgIpc) is 3.15. The molecule has 0 saturated carbocycles. The molecule has 2 N–H and O–H groups in total. The van der Waals surface area contributed by atoms with Crippen molar-refractivity contribution < 1.29 is 22.4 Å². The number of alkyl halides is 3. The summed E-state index contributed by atoms with van der Waals surface area (Å²) in [5.41, 5.74) is 8.02. The first-order valence-electron chi connectivity index (χ1n) is 10.1. The predicted octanol–water partition coefficient (Wildman–Crippen LogP) is 4.56. The van der Waals surface area contributed by atoms with Gasteiger partial charge >= 0.3 is 6.18 Å². The van der Waals surface area contributed by atoms with Gasteiger partial charge in [-0.15, -0.1) is 0 Å². The van der Waals surface area contributed by atoms with E-state index in [-0.39, 0.29) is 24.2 Å². The van der Waals surface area contributed by atoms with E-state index in [2.05, 4.69) is 16.2 Å². The molecule has 10 heteroatoms. The number of ketones is 1. The van der Waals surface area contributed by atoms with Crippen LogP contribution in [0.15, 0.2) is 55.0 Å². The van der Waals surface area contributed by atoms with E-state index in [1.165, 1.54) is 6.33 Å². The molecule has 0 aliphatic carbocycles. The number of benzene rings is 2. The van der Waals surface area contributed by atoms with Gasteiger partial charge in [-0.1, -0.05) is 24.3 Å². The molecule has 34 heavy (non-hydrogen) atoms. The van der Waals surface area contributed by atoms with E-state index in [0.717, 1.165) is 11.6 Å². The van der Waals surface area contributed by atoms with E-state index >= 15 is 0 Å². The van der Waals surface area contributed by atoms with Crippen molar-refractivity contribution in [1.82, 2.24) is 14.6 Å². The zero-order chi connectivity index (χ0) is 24.5. The number of Topliss-reactive ketones (excluding diaryl/α,β-unsaturated/α-hetero) is 1. The fourth-order valence-corrected chi connectivity index (χ4v) is 3.80. The Morgan fingerprint density at radius 3 is 2.50 bits per heavy atom. The second-order valence-electron chi connectivity index (χ2n) is 7.70. The number of rotatable bonds is 6. The van der Waals surface area contributed by atoms with Crippen molar-refractivity contribution in [2.75, 3.05) is 5.73 Å². The Kier molecular flexibility index (Phi) is 6.03. The first kappa shape index (κ1) is 22.9. The monoisotopic (exact) mass is 467 g/mol. The van der Waals surface area contributed by atoms with Crippen LogP contribution in [0.5, 0.6) is 0 Å². The minimum absolute atomic E-state index is 0.0806. The fraction of sp³-hybridized carbons (Fsp3) is 0.167. The number of hydrogen-bond acceptors (Lipinski definition) is 5. The highest BCUT2D eigenvalue weighted by Crippen LogP contribution is 2.33. The number of nitrogens with two attached hydrogens (primary N) is 1. The maximum Gasteiger partial charge on any atom is 0.416 e. The van der Waals surface area contributed by atoms with Gasteiger partial charge in [-0.25, -0.2) is 13.9 Å². The average molecular weight is 467 g/mol. The summed E-state index contributed by atoms with van der Waals surface area (Å²) in [7, 11) is 0. The number of nitriles is 1. The second kappa shape index (κ2) is 8.94. The summed E-state index contributed by atoms with van der Waals surface area (Å²) in [6, 6.07) is 11.0. The molecule has 172 valence electrons. The van der Waals surface area contributed by atoms with Crippen LogP contribution in [0.25, 0.3) is 16.6 Å². The van der Waals surface area contributed by atoms with E-state index in [4.69, 9.17) is 5.73 Å². The standard InChI is InChI=1S/C24H17F4N5O/c25-20-6-5-18(24(26,27)28)10-17(20)11-19(34)9-14-1-3-15(4-2-14)21-16(7-8-29)12-33-22(21)23(30)31-13-32-33/h1-6,10,12-13H,7,9,11H2,(H2,30,31,32). The van der Waals surface area contributed by atoms with Gasteiger partial charge in [0.15, 0.2) is 5.82 Å². The molecule has 0 radical (unpaired) electrons. The molecule has 0 spiro atoms. The maximum absolute atomic E-state index is 14.0. The number of hydrogen-bond donors (Lipinski definition) is 1. The topological polar surface area (TPSA) is 97.1 Å². The Labute approximate surface area is 191 Å². The third-order valence-electron chi connectivity index (χ3n) is 5.35. The highest BCUT2D eigenvalue weighted by molar-refractivity contribution is 5.90. The predicted molar refractivity (Wildman–Crippen MR) is 116 cm³/mol. The van der Waals surface area contributed by atoms with Crippen LogP contribution in [0.4, 0.5) is 23.4 Å². The van der Waals surface area contributed by atoms with Gasteiger partial charge in [0, 0.05) is 24.6 Å². The number of nitrogen functional groups attached to an aromatic ring is 1. The van der Waals surface area contributed by atoms with Crippen molar-refractivity contribution in [2.24, 2.45) is 0 Å².